The minimum Gasteiger partial charge on any atom is -0.338 e. The summed E-state index contributed by atoms with van der Waals surface area (Å²) in [5, 5.41) is 5.18. The van der Waals surface area contributed by atoms with Crippen LogP contribution < -0.4 is 5.32 Å². The van der Waals surface area contributed by atoms with Crippen LogP contribution in [0.25, 0.3) is 10.2 Å². The molecule has 0 fully saturated rings. The van der Waals surface area contributed by atoms with Gasteiger partial charge in [-0.25, -0.2) is 9.97 Å². The Kier molecular flexibility index (Phi) is 3.59. The van der Waals surface area contributed by atoms with Gasteiger partial charge in [0.1, 0.15) is 17.0 Å². The number of anilines is 2. The number of halogens is 1. The molecule has 21 heavy (non-hydrogen) atoms. The normalized spacial score (nSPS) is 11.1. The maximum Gasteiger partial charge on any atom is 0.142 e. The third-order valence-corrected chi connectivity index (χ3v) is 5.05. The molecule has 0 aliphatic heterocycles. The molecule has 1 N–H and O–H groups in total. The number of benzene rings is 1. The molecule has 3 aromatic rings. The summed E-state index contributed by atoms with van der Waals surface area (Å²) in [4.78, 5) is 11.0. The minimum atomic E-state index is 0.712. The Balaban J connectivity index is 2.15. The number of aromatic nitrogens is 2. The third kappa shape index (κ3) is 2.49. The van der Waals surface area contributed by atoms with Crippen molar-refractivity contribution in [2.24, 2.45) is 0 Å². The smallest absolute Gasteiger partial charge is 0.142 e. The largest absolute Gasteiger partial charge is 0.338 e. The lowest BCUT2D eigenvalue weighted by molar-refractivity contribution is 1.22. The number of rotatable bonds is 2. The zero-order valence-corrected chi connectivity index (χ0v) is 14.0. The van der Waals surface area contributed by atoms with E-state index in [-0.39, 0.29) is 0 Å². The van der Waals surface area contributed by atoms with Crippen molar-refractivity contribution in [1.82, 2.24) is 9.97 Å². The van der Waals surface area contributed by atoms with Gasteiger partial charge in [0, 0.05) is 4.88 Å². The van der Waals surface area contributed by atoms with Gasteiger partial charge in [-0.15, -0.1) is 11.3 Å². The summed E-state index contributed by atoms with van der Waals surface area (Å²) in [6, 6.07) is 4.07. The summed E-state index contributed by atoms with van der Waals surface area (Å²) < 4.78 is 0. The van der Waals surface area contributed by atoms with Crippen molar-refractivity contribution in [1.29, 1.82) is 0 Å². The fourth-order valence-electron chi connectivity index (χ4n) is 2.47. The van der Waals surface area contributed by atoms with E-state index in [2.05, 4.69) is 35.2 Å². The highest BCUT2D eigenvalue weighted by molar-refractivity contribution is 7.18. The number of nitrogens with one attached hydrogen (secondary N) is 1. The Morgan fingerprint density at radius 1 is 1.10 bits per heavy atom. The van der Waals surface area contributed by atoms with Gasteiger partial charge in [0.25, 0.3) is 0 Å². The maximum absolute atomic E-state index is 6.38. The first-order chi connectivity index (χ1) is 9.97. The molecule has 0 bridgehead atoms. The molecule has 0 aliphatic rings. The zero-order valence-electron chi connectivity index (χ0n) is 12.4. The van der Waals surface area contributed by atoms with Crippen LogP contribution >= 0.6 is 22.9 Å². The van der Waals surface area contributed by atoms with Crippen molar-refractivity contribution in [2.45, 2.75) is 27.7 Å². The number of hydrogen-bond acceptors (Lipinski definition) is 4. The summed E-state index contributed by atoms with van der Waals surface area (Å²) in [5.74, 6) is 0.815. The van der Waals surface area contributed by atoms with E-state index in [0.29, 0.717) is 5.02 Å². The molecule has 2 aromatic heterocycles. The average molecular weight is 318 g/mol. The molecule has 0 saturated carbocycles. The van der Waals surface area contributed by atoms with Crippen LogP contribution in [0.4, 0.5) is 11.5 Å². The van der Waals surface area contributed by atoms with Crippen LogP contribution in [0.2, 0.25) is 5.02 Å². The predicted octanol–water partition coefficient (Wildman–Crippen LogP) is 5.32. The molecule has 3 rings (SSSR count). The maximum atomic E-state index is 6.38. The fraction of sp³-hybridized carbons (Fsp3) is 0.250. The molecule has 0 aliphatic carbocycles. The lowest BCUT2D eigenvalue weighted by Gasteiger charge is -2.13. The Morgan fingerprint density at radius 2 is 1.86 bits per heavy atom. The van der Waals surface area contributed by atoms with E-state index in [9.17, 15) is 0 Å². The van der Waals surface area contributed by atoms with Gasteiger partial charge in [0.05, 0.1) is 16.1 Å². The molecular weight excluding hydrogens is 302 g/mol. The first-order valence-electron chi connectivity index (χ1n) is 6.72. The van der Waals surface area contributed by atoms with Gasteiger partial charge in [-0.2, -0.15) is 0 Å². The van der Waals surface area contributed by atoms with E-state index in [1.54, 1.807) is 17.7 Å². The van der Waals surface area contributed by atoms with Crippen molar-refractivity contribution in [3.63, 3.8) is 0 Å². The van der Waals surface area contributed by atoms with Crippen LogP contribution in [0.3, 0.4) is 0 Å². The minimum absolute atomic E-state index is 0.712. The van der Waals surface area contributed by atoms with Crippen molar-refractivity contribution in [2.75, 3.05) is 5.32 Å². The second-order valence-corrected chi connectivity index (χ2v) is 6.86. The number of aryl methyl sites for hydroxylation is 4. The molecule has 0 atom stereocenters. The summed E-state index contributed by atoms with van der Waals surface area (Å²) in [6.45, 7) is 8.30. The average Bonchev–Trinajstić information content (AvgIpc) is 2.70. The summed E-state index contributed by atoms with van der Waals surface area (Å²) in [5.41, 5.74) is 4.39. The molecular formula is C16H16ClN3S. The van der Waals surface area contributed by atoms with E-state index in [1.165, 1.54) is 10.4 Å². The van der Waals surface area contributed by atoms with E-state index < -0.39 is 0 Å². The molecule has 108 valence electrons. The Labute approximate surface area is 133 Å². The van der Waals surface area contributed by atoms with Crippen LogP contribution in [0.15, 0.2) is 18.5 Å². The molecule has 5 heteroatoms. The van der Waals surface area contributed by atoms with Crippen molar-refractivity contribution in [3.8, 4) is 0 Å². The quantitative estimate of drug-likeness (QED) is 0.695. The Morgan fingerprint density at radius 3 is 2.57 bits per heavy atom. The topological polar surface area (TPSA) is 37.8 Å². The summed E-state index contributed by atoms with van der Waals surface area (Å²) >= 11 is 8.07. The SMILES string of the molecule is Cc1cc(C)c(Nc2ncnc3sc(C)c(C)c23)c(Cl)c1. The van der Waals surface area contributed by atoms with Crippen LogP contribution in [-0.4, -0.2) is 9.97 Å². The molecule has 2 heterocycles. The first-order valence-corrected chi connectivity index (χ1v) is 7.91. The molecule has 1 aromatic carbocycles. The number of nitrogens with zero attached hydrogens (tertiary/aromatic N) is 2. The van der Waals surface area contributed by atoms with Crippen molar-refractivity contribution in [3.05, 3.63) is 45.1 Å². The standard InChI is InChI=1S/C16H16ClN3S/c1-8-5-9(2)14(12(17)6-8)20-15-13-10(3)11(4)21-16(13)19-7-18-15/h5-7H,1-4H3,(H,18,19,20). The third-order valence-electron chi connectivity index (χ3n) is 3.64. The number of thiophene rings is 1. The van der Waals surface area contributed by atoms with Crippen molar-refractivity contribution < 1.29 is 0 Å². The molecule has 0 spiro atoms. The second kappa shape index (κ2) is 5.28. The molecule has 0 amide bonds. The van der Waals surface area contributed by atoms with Crippen LogP contribution in [0.5, 0.6) is 0 Å². The molecule has 0 radical (unpaired) electrons. The first kappa shape index (κ1) is 14.3. The lowest BCUT2D eigenvalue weighted by atomic mass is 10.1. The van der Waals surface area contributed by atoms with Gasteiger partial charge in [0.15, 0.2) is 0 Å². The van der Waals surface area contributed by atoms with Crippen LogP contribution in [-0.2, 0) is 0 Å². The van der Waals surface area contributed by atoms with Crippen LogP contribution in [0, 0.1) is 27.7 Å². The highest BCUT2D eigenvalue weighted by Gasteiger charge is 2.14. The zero-order chi connectivity index (χ0) is 15.1. The summed E-state index contributed by atoms with van der Waals surface area (Å²) in [7, 11) is 0. The van der Waals surface area contributed by atoms with Gasteiger partial charge in [-0.05, 0) is 50.5 Å². The Bertz CT molecular complexity index is 816. The van der Waals surface area contributed by atoms with E-state index in [0.717, 1.165) is 32.8 Å². The van der Waals surface area contributed by atoms with Gasteiger partial charge in [-0.3, -0.25) is 0 Å². The number of fused-ring (bicyclic) bond motifs is 1. The summed E-state index contributed by atoms with van der Waals surface area (Å²) in [6.07, 6.45) is 1.59. The van der Waals surface area contributed by atoms with Gasteiger partial charge in [-0.1, -0.05) is 17.7 Å². The Hall–Kier alpha value is -1.65. The highest BCUT2D eigenvalue weighted by atomic mass is 35.5. The molecule has 0 saturated heterocycles. The molecule has 3 nitrogen and oxygen atoms in total. The second-order valence-electron chi connectivity index (χ2n) is 5.25. The van der Waals surface area contributed by atoms with Gasteiger partial charge < -0.3 is 5.32 Å². The van der Waals surface area contributed by atoms with E-state index >= 15 is 0 Å². The van der Waals surface area contributed by atoms with E-state index in [1.807, 2.05) is 19.9 Å². The fourth-order valence-corrected chi connectivity index (χ4v) is 3.83. The van der Waals surface area contributed by atoms with E-state index in [4.69, 9.17) is 11.6 Å². The predicted molar refractivity (Wildman–Crippen MR) is 91.1 cm³/mol. The monoisotopic (exact) mass is 317 g/mol. The lowest BCUT2D eigenvalue weighted by Crippen LogP contribution is -1.99. The van der Waals surface area contributed by atoms with Gasteiger partial charge in [0.2, 0.25) is 0 Å². The molecule has 0 unspecified atom stereocenters. The van der Waals surface area contributed by atoms with Gasteiger partial charge >= 0.3 is 0 Å². The number of hydrogen-bond donors (Lipinski definition) is 1. The highest BCUT2D eigenvalue weighted by Crippen LogP contribution is 2.36. The van der Waals surface area contributed by atoms with Crippen LogP contribution in [0.1, 0.15) is 21.6 Å². The van der Waals surface area contributed by atoms with Crippen molar-refractivity contribution >= 4 is 44.7 Å².